The van der Waals surface area contributed by atoms with Gasteiger partial charge in [0.15, 0.2) is 5.78 Å². The van der Waals surface area contributed by atoms with Gasteiger partial charge in [-0.25, -0.2) is 0 Å². The van der Waals surface area contributed by atoms with E-state index in [-0.39, 0.29) is 5.78 Å². The summed E-state index contributed by atoms with van der Waals surface area (Å²) < 4.78 is 0. The largest absolute Gasteiger partial charge is 0.290 e. The molecule has 0 fully saturated rings. The molecule has 0 saturated heterocycles. The van der Waals surface area contributed by atoms with Crippen molar-refractivity contribution in [1.29, 1.82) is 0 Å². The van der Waals surface area contributed by atoms with Gasteiger partial charge in [-0.15, -0.1) is 0 Å². The molecule has 0 amide bonds. The highest BCUT2D eigenvalue weighted by Crippen LogP contribution is 2.45. The summed E-state index contributed by atoms with van der Waals surface area (Å²) in [6.45, 7) is 0. The van der Waals surface area contributed by atoms with Crippen LogP contribution in [0, 0.1) is 0 Å². The smallest absolute Gasteiger partial charge is 0.179 e. The molecule has 0 aromatic rings. The molecule has 0 aromatic carbocycles. The number of ketones is 1. The van der Waals surface area contributed by atoms with E-state index in [0.717, 1.165) is 12.8 Å². The maximum atomic E-state index is 11.1. The highest BCUT2D eigenvalue weighted by molar-refractivity contribution is 6.04. The second kappa shape index (κ2) is 1.86. The normalized spacial score (nSPS) is 24.5. The molecule has 0 radical (unpaired) electrons. The summed E-state index contributed by atoms with van der Waals surface area (Å²) >= 11 is 0. The minimum Gasteiger partial charge on any atom is -0.290 e. The van der Waals surface area contributed by atoms with Gasteiger partial charge in [-0.05, 0) is 41.7 Å². The van der Waals surface area contributed by atoms with Gasteiger partial charge in [0, 0.05) is 0 Å². The van der Waals surface area contributed by atoms with Gasteiger partial charge in [-0.1, -0.05) is 17.7 Å². The summed E-state index contributed by atoms with van der Waals surface area (Å²) in [6, 6.07) is 0. The lowest BCUT2D eigenvalue weighted by atomic mass is 9.94. The minimum absolute atomic E-state index is 0.128. The summed E-state index contributed by atoms with van der Waals surface area (Å²) in [5.41, 5.74) is 5.34. The van der Waals surface area contributed by atoms with Crippen LogP contribution in [-0.4, -0.2) is 5.78 Å². The Hall–Kier alpha value is -1.37. The summed E-state index contributed by atoms with van der Waals surface area (Å²) in [6.07, 6.45) is 9.80. The van der Waals surface area contributed by atoms with Gasteiger partial charge in [0.05, 0.1) is 0 Å². The first-order valence-electron chi connectivity index (χ1n) is 4.20. The lowest BCUT2D eigenvalue weighted by Crippen LogP contribution is -1.99. The Kier molecular flexibility index (Phi) is 0.959. The van der Waals surface area contributed by atoms with Crippen molar-refractivity contribution in [2.75, 3.05) is 0 Å². The molecular weight excluding hydrogens is 148 g/mol. The number of carbonyl (C=O) groups is 1. The minimum atomic E-state index is 0.128. The number of fused-ring (bicyclic) bond motifs is 4. The molecule has 0 unspecified atom stereocenters. The topological polar surface area (TPSA) is 17.1 Å². The van der Waals surface area contributed by atoms with Gasteiger partial charge in [0.2, 0.25) is 0 Å². The Morgan fingerprint density at radius 1 is 1.25 bits per heavy atom. The fraction of sp³-hybridized carbons (Fsp3) is 0.182. The molecule has 0 aliphatic heterocycles. The molecule has 1 nitrogen and oxygen atoms in total. The molecule has 0 saturated carbocycles. The molecule has 0 aromatic heterocycles. The highest BCUT2D eigenvalue weighted by atomic mass is 16.1. The van der Waals surface area contributed by atoms with Gasteiger partial charge < -0.3 is 0 Å². The van der Waals surface area contributed by atoms with Crippen molar-refractivity contribution in [2.45, 2.75) is 12.8 Å². The first-order valence-corrected chi connectivity index (χ1v) is 4.20. The standard InChI is InChI=1S/C11H8O/c12-9-3-4-10-7-1-2-8(5-7)11(10)6-9/h2-4,6H,1,5H2. The molecule has 0 spiro atoms. The van der Waals surface area contributed by atoms with Crippen molar-refractivity contribution in [1.82, 2.24) is 0 Å². The third-order valence-electron chi connectivity index (χ3n) is 2.72. The first-order chi connectivity index (χ1) is 5.84. The lowest BCUT2D eigenvalue weighted by Gasteiger charge is -2.09. The fourth-order valence-electron chi connectivity index (χ4n) is 2.13. The van der Waals surface area contributed by atoms with Gasteiger partial charge in [-0.3, -0.25) is 4.79 Å². The predicted molar refractivity (Wildman–Crippen MR) is 46.6 cm³/mol. The summed E-state index contributed by atoms with van der Waals surface area (Å²) in [5.74, 6) is 0.128. The zero-order chi connectivity index (χ0) is 8.13. The summed E-state index contributed by atoms with van der Waals surface area (Å²) in [4.78, 5) is 11.1. The number of carbonyl (C=O) groups excluding carboxylic acids is 1. The van der Waals surface area contributed by atoms with Crippen LogP contribution >= 0.6 is 0 Å². The maximum Gasteiger partial charge on any atom is 0.179 e. The zero-order valence-electron chi connectivity index (χ0n) is 6.63. The molecule has 58 valence electrons. The molecule has 3 rings (SSSR count). The fourth-order valence-corrected chi connectivity index (χ4v) is 2.13. The van der Waals surface area contributed by atoms with Gasteiger partial charge in [0.25, 0.3) is 0 Å². The van der Waals surface area contributed by atoms with E-state index in [9.17, 15) is 4.79 Å². The summed E-state index contributed by atoms with van der Waals surface area (Å²) in [7, 11) is 0. The predicted octanol–water partition coefficient (Wildman–Crippen LogP) is 2.08. The first kappa shape index (κ1) is 6.18. The quantitative estimate of drug-likeness (QED) is 0.524. The van der Waals surface area contributed by atoms with E-state index in [1.807, 2.05) is 6.08 Å². The molecule has 3 aliphatic carbocycles. The number of allylic oxidation sites excluding steroid dienone is 8. The maximum absolute atomic E-state index is 11.1. The average molecular weight is 156 g/mol. The van der Waals surface area contributed by atoms with Crippen LogP contribution in [0.25, 0.3) is 0 Å². The van der Waals surface area contributed by atoms with Gasteiger partial charge in [-0.2, -0.15) is 0 Å². The van der Waals surface area contributed by atoms with Crippen molar-refractivity contribution in [2.24, 2.45) is 0 Å². The SMILES string of the molecule is O=C1C=CC2=C3CC=C(C3)C2=C1. The van der Waals surface area contributed by atoms with Crippen LogP contribution in [0.4, 0.5) is 0 Å². The van der Waals surface area contributed by atoms with Gasteiger partial charge in [0.1, 0.15) is 0 Å². The van der Waals surface area contributed by atoms with Crippen LogP contribution in [0.1, 0.15) is 12.8 Å². The molecule has 0 N–H and O–H groups in total. The Morgan fingerprint density at radius 2 is 2.17 bits per heavy atom. The van der Waals surface area contributed by atoms with Crippen molar-refractivity contribution in [3.05, 3.63) is 46.6 Å². The van der Waals surface area contributed by atoms with E-state index in [4.69, 9.17) is 0 Å². The molecule has 0 atom stereocenters. The Morgan fingerprint density at radius 3 is 3.08 bits per heavy atom. The van der Waals surface area contributed by atoms with Crippen molar-refractivity contribution in [3.63, 3.8) is 0 Å². The van der Waals surface area contributed by atoms with Crippen LogP contribution in [0.5, 0.6) is 0 Å². The Labute approximate surface area is 70.8 Å². The van der Waals surface area contributed by atoms with Crippen LogP contribution < -0.4 is 0 Å². The Balaban J connectivity index is 2.24. The monoisotopic (exact) mass is 156 g/mol. The van der Waals surface area contributed by atoms with E-state index < -0.39 is 0 Å². The third kappa shape index (κ3) is 0.613. The second-order valence-corrected chi connectivity index (χ2v) is 3.42. The van der Waals surface area contributed by atoms with E-state index in [1.165, 1.54) is 22.3 Å². The van der Waals surface area contributed by atoms with E-state index in [1.54, 1.807) is 12.2 Å². The van der Waals surface area contributed by atoms with E-state index in [0.29, 0.717) is 0 Å². The third-order valence-corrected chi connectivity index (χ3v) is 2.72. The molecular formula is C11H8O. The zero-order valence-corrected chi connectivity index (χ0v) is 6.63. The molecule has 1 heteroatoms. The number of rotatable bonds is 0. The van der Waals surface area contributed by atoms with E-state index in [2.05, 4.69) is 6.08 Å². The molecule has 3 aliphatic rings. The van der Waals surface area contributed by atoms with Crippen LogP contribution in [0.15, 0.2) is 46.6 Å². The summed E-state index contributed by atoms with van der Waals surface area (Å²) in [5, 5.41) is 0. The Bertz CT molecular complexity index is 403. The van der Waals surface area contributed by atoms with Crippen molar-refractivity contribution in [3.8, 4) is 0 Å². The highest BCUT2D eigenvalue weighted by Gasteiger charge is 2.28. The van der Waals surface area contributed by atoms with Crippen LogP contribution in [-0.2, 0) is 4.79 Å². The molecule has 0 heterocycles. The second-order valence-electron chi connectivity index (χ2n) is 3.42. The lowest BCUT2D eigenvalue weighted by molar-refractivity contribution is -0.110. The molecule has 12 heavy (non-hydrogen) atoms. The van der Waals surface area contributed by atoms with Crippen LogP contribution in [0.2, 0.25) is 0 Å². The van der Waals surface area contributed by atoms with E-state index >= 15 is 0 Å². The molecule has 2 bridgehead atoms. The average Bonchev–Trinajstić information content (AvgIpc) is 2.63. The number of hydrogen-bond donors (Lipinski definition) is 0. The van der Waals surface area contributed by atoms with Gasteiger partial charge >= 0.3 is 0 Å². The van der Waals surface area contributed by atoms with Crippen molar-refractivity contribution < 1.29 is 4.79 Å². The van der Waals surface area contributed by atoms with Crippen molar-refractivity contribution >= 4 is 5.78 Å². The van der Waals surface area contributed by atoms with Crippen LogP contribution in [0.3, 0.4) is 0 Å². The number of hydrogen-bond acceptors (Lipinski definition) is 1.